The zero-order valence-corrected chi connectivity index (χ0v) is 11.7. The van der Waals surface area contributed by atoms with Crippen LogP contribution in [-0.2, 0) is 11.2 Å². The Morgan fingerprint density at radius 2 is 2.25 bits per heavy atom. The van der Waals surface area contributed by atoms with Crippen LogP contribution in [0.2, 0.25) is 0 Å². The minimum Gasteiger partial charge on any atom is -0.409 e. The van der Waals surface area contributed by atoms with Crippen molar-refractivity contribution in [3.8, 4) is 0 Å². The predicted octanol–water partition coefficient (Wildman–Crippen LogP) is 1.60. The molecule has 0 saturated carbocycles. The van der Waals surface area contributed by atoms with E-state index in [1.807, 2.05) is 6.92 Å². The Morgan fingerprint density at radius 3 is 2.80 bits per heavy atom. The minimum absolute atomic E-state index is 0.0852. The van der Waals surface area contributed by atoms with Crippen LogP contribution < -0.4 is 5.73 Å². The van der Waals surface area contributed by atoms with E-state index in [1.54, 1.807) is 24.0 Å². The molecule has 0 aliphatic heterocycles. The largest absolute Gasteiger partial charge is 0.409 e. The van der Waals surface area contributed by atoms with Gasteiger partial charge in [-0.2, -0.15) is 0 Å². The van der Waals surface area contributed by atoms with Crippen LogP contribution in [0.25, 0.3) is 0 Å². The number of rotatable bonds is 6. The fourth-order valence-electron chi connectivity index (χ4n) is 1.86. The molecule has 0 aliphatic carbocycles. The van der Waals surface area contributed by atoms with Gasteiger partial charge in [0.2, 0.25) is 5.91 Å². The summed E-state index contributed by atoms with van der Waals surface area (Å²) in [7, 11) is 0. The summed E-state index contributed by atoms with van der Waals surface area (Å²) in [6.45, 7) is 4.49. The summed E-state index contributed by atoms with van der Waals surface area (Å²) < 4.78 is 13.1. The van der Waals surface area contributed by atoms with Gasteiger partial charge in [0.1, 0.15) is 11.7 Å². The number of benzene rings is 1. The van der Waals surface area contributed by atoms with Crippen molar-refractivity contribution in [2.24, 2.45) is 16.8 Å². The topological polar surface area (TPSA) is 78.9 Å². The maximum absolute atomic E-state index is 13.1. The lowest BCUT2D eigenvalue weighted by Gasteiger charge is -2.24. The number of carbonyl (C=O) groups excluding carboxylic acids is 1. The highest BCUT2D eigenvalue weighted by molar-refractivity contribution is 5.83. The molecule has 0 radical (unpaired) electrons. The van der Waals surface area contributed by atoms with Gasteiger partial charge < -0.3 is 15.8 Å². The first-order chi connectivity index (χ1) is 9.47. The van der Waals surface area contributed by atoms with Crippen LogP contribution in [0.3, 0.4) is 0 Å². The van der Waals surface area contributed by atoms with Crippen molar-refractivity contribution in [1.82, 2.24) is 4.90 Å². The van der Waals surface area contributed by atoms with Gasteiger partial charge in [0.25, 0.3) is 0 Å². The van der Waals surface area contributed by atoms with E-state index in [9.17, 15) is 9.18 Å². The van der Waals surface area contributed by atoms with Crippen molar-refractivity contribution in [2.45, 2.75) is 20.3 Å². The molecule has 1 aromatic carbocycles. The summed E-state index contributed by atoms with van der Waals surface area (Å²) in [5.74, 6) is -0.627. The van der Waals surface area contributed by atoms with Crippen LogP contribution in [0.1, 0.15) is 19.4 Å². The molecule has 0 saturated heterocycles. The van der Waals surface area contributed by atoms with Crippen LogP contribution in [0.4, 0.5) is 4.39 Å². The van der Waals surface area contributed by atoms with Gasteiger partial charge in [-0.15, -0.1) is 0 Å². The summed E-state index contributed by atoms with van der Waals surface area (Å²) in [5, 5.41) is 11.6. The zero-order chi connectivity index (χ0) is 15.1. The average Bonchev–Trinajstić information content (AvgIpc) is 2.43. The molecular weight excluding hydrogens is 261 g/mol. The molecule has 6 heteroatoms. The van der Waals surface area contributed by atoms with Gasteiger partial charge in [0, 0.05) is 19.0 Å². The van der Waals surface area contributed by atoms with E-state index >= 15 is 0 Å². The van der Waals surface area contributed by atoms with E-state index in [-0.39, 0.29) is 29.9 Å². The molecule has 0 heterocycles. The lowest BCUT2D eigenvalue weighted by atomic mass is 10.1. The normalized spacial score (nSPS) is 13.1. The first-order valence-corrected chi connectivity index (χ1v) is 6.47. The van der Waals surface area contributed by atoms with Gasteiger partial charge in [0.15, 0.2) is 0 Å². The Hall–Kier alpha value is -2.11. The molecule has 1 rings (SSSR count). The third-order valence-corrected chi connectivity index (χ3v) is 3.09. The second-order valence-electron chi connectivity index (χ2n) is 4.66. The van der Waals surface area contributed by atoms with Crippen molar-refractivity contribution in [3.63, 3.8) is 0 Å². The number of carbonyl (C=O) groups is 1. The van der Waals surface area contributed by atoms with Crippen molar-refractivity contribution in [1.29, 1.82) is 0 Å². The Bertz CT molecular complexity index is 491. The fraction of sp³-hybridized carbons (Fsp3) is 0.429. The molecular formula is C14H20FN3O2. The van der Waals surface area contributed by atoms with Crippen molar-refractivity contribution in [2.75, 3.05) is 13.1 Å². The van der Waals surface area contributed by atoms with Gasteiger partial charge in [-0.3, -0.25) is 4.79 Å². The molecule has 0 aliphatic rings. The lowest BCUT2D eigenvalue weighted by molar-refractivity contribution is -0.130. The average molecular weight is 281 g/mol. The van der Waals surface area contributed by atoms with Gasteiger partial charge in [0.05, 0.1) is 6.42 Å². The highest BCUT2D eigenvalue weighted by Gasteiger charge is 2.17. The zero-order valence-electron chi connectivity index (χ0n) is 11.7. The first-order valence-electron chi connectivity index (χ1n) is 6.47. The molecule has 20 heavy (non-hydrogen) atoms. The third-order valence-electron chi connectivity index (χ3n) is 3.09. The van der Waals surface area contributed by atoms with Gasteiger partial charge >= 0.3 is 0 Å². The molecule has 0 bridgehead atoms. The monoisotopic (exact) mass is 281 g/mol. The van der Waals surface area contributed by atoms with Crippen LogP contribution in [0, 0.1) is 11.7 Å². The number of nitrogens with zero attached hydrogens (tertiary/aromatic N) is 2. The Kier molecular flexibility index (Phi) is 5.96. The minimum atomic E-state index is -0.358. The predicted molar refractivity (Wildman–Crippen MR) is 74.9 cm³/mol. The van der Waals surface area contributed by atoms with Crippen LogP contribution in [-0.4, -0.2) is 34.9 Å². The Balaban J connectivity index is 2.68. The van der Waals surface area contributed by atoms with E-state index in [4.69, 9.17) is 10.9 Å². The Labute approximate surface area is 117 Å². The summed E-state index contributed by atoms with van der Waals surface area (Å²) in [5.41, 5.74) is 6.13. The highest BCUT2D eigenvalue weighted by Crippen LogP contribution is 2.08. The molecule has 5 nitrogen and oxygen atoms in total. The molecule has 0 spiro atoms. The molecule has 0 fully saturated rings. The number of hydrogen-bond donors (Lipinski definition) is 2. The smallest absolute Gasteiger partial charge is 0.227 e. The van der Waals surface area contributed by atoms with E-state index in [0.717, 1.165) is 0 Å². The maximum atomic E-state index is 13.1. The van der Waals surface area contributed by atoms with E-state index < -0.39 is 0 Å². The second kappa shape index (κ2) is 7.47. The van der Waals surface area contributed by atoms with Crippen molar-refractivity contribution >= 4 is 11.7 Å². The van der Waals surface area contributed by atoms with E-state index in [2.05, 4.69) is 5.16 Å². The number of amides is 1. The maximum Gasteiger partial charge on any atom is 0.227 e. The van der Waals surface area contributed by atoms with Crippen molar-refractivity contribution < 1.29 is 14.4 Å². The van der Waals surface area contributed by atoms with Crippen LogP contribution in [0.5, 0.6) is 0 Å². The highest BCUT2D eigenvalue weighted by atomic mass is 19.1. The molecule has 1 atom stereocenters. The molecule has 3 N–H and O–H groups in total. The van der Waals surface area contributed by atoms with E-state index in [0.29, 0.717) is 18.7 Å². The lowest BCUT2D eigenvalue weighted by Crippen LogP contribution is -2.39. The van der Waals surface area contributed by atoms with Gasteiger partial charge in [-0.05, 0) is 24.6 Å². The standard InChI is InChI=1S/C14H20FN3O2/c1-3-18(9-10(2)14(16)17-20)13(19)8-11-5-4-6-12(15)7-11/h4-7,10,20H,3,8-9H2,1-2H3,(H2,16,17). The van der Waals surface area contributed by atoms with Crippen molar-refractivity contribution in [3.05, 3.63) is 35.6 Å². The summed E-state index contributed by atoms with van der Waals surface area (Å²) >= 11 is 0. The SMILES string of the molecule is CCN(CC(C)C(N)=NO)C(=O)Cc1cccc(F)c1. The number of oxime groups is 1. The van der Waals surface area contributed by atoms with Gasteiger partial charge in [-0.25, -0.2) is 4.39 Å². The number of halogens is 1. The van der Waals surface area contributed by atoms with Crippen LogP contribution in [0.15, 0.2) is 29.4 Å². The quantitative estimate of drug-likeness (QED) is 0.360. The second-order valence-corrected chi connectivity index (χ2v) is 4.66. The molecule has 0 aromatic heterocycles. The molecule has 1 aromatic rings. The number of nitrogens with two attached hydrogens (primary N) is 1. The fourth-order valence-corrected chi connectivity index (χ4v) is 1.86. The van der Waals surface area contributed by atoms with Crippen LogP contribution >= 0.6 is 0 Å². The molecule has 110 valence electrons. The number of hydrogen-bond acceptors (Lipinski definition) is 3. The number of amidine groups is 1. The van der Waals surface area contributed by atoms with E-state index in [1.165, 1.54) is 12.1 Å². The number of likely N-dealkylation sites (N-methyl/N-ethyl adjacent to an activating group) is 1. The summed E-state index contributed by atoms with van der Waals surface area (Å²) in [4.78, 5) is 13.8. The Morgan fingerprint density at radius 1 is 1.55 bits per heavy atom. The summed E-state index contributed by atoms with van der Waals surface area (Å²) in [6, 6.07) is 5.97. The summed E-state index contributed by atoms with van der Waals surface area (Å²) in [6.07, 6.45) is 0.133. The molecule has 1 unspecified atom stereocenters. The third kappa shape index (κ3) is 4.53. The molecule has 1 amide bonds. The van der Waals surface area contributed by atoms with Gasteiger partial charge in [-0.1, -0.05) is 24.2 Å². The first kappa shape index (κ1) is 15.9.